The first-order valence-corrected chi connectivity index (χ1v) is 17.5. The Morgan fingerprint density at radius 1 is 0.649 bits per heavy atom. The summed E-state index contributed by atoms with van der Waals surface area (Å²) in [6.45, 7) is 9.02. The van der Waals surface area contributed by atoms with Gasteiger partial charge in [-0.1, -0.05) is 76.2 Å². The van der Waals surface area contributed by atoms with E-state index in [1.165, 1.54) is 36.1 Å². The van der Waals surface area contributed by atoms with Crippen LogP contribution in [-0.4, -0.2) is 49.2 Å². The molecule has 6 rings (SSSR count). The van der Waals surface area contributed by atoms with Gasteiger partial charge in [-0.3, -0.25) is 9.36 Å². The van der Waals surface area contributed by atoms with Crippen LogP contribution in [0.25, 0.3) is 21.8 Å². The van der Waals surface area contributed by atoms with Gasteiger partial charge in [-0.05, 0) is 83.3 Å². The standard InChI is InChI=1S/C21H21F3N2O2.C20H19F3N2O2.Na.H2O/c1-13(2)12-26-19(20(27)28-3)18-15(5-4-6-17(18)25-26)11-14-7-9-16(10-8-14)21(22,23)24;1-12(2)11-25-18(19(26)27)17-14(4-3-5-16(17)24-25)10-13-6-8-15(9-7-13)20(21,22)23;;/h4-10,13H,11-12H2,1-3H3;3-9,12H,10-11H2,1-2H3,(H,26,27);;1H2/q;;+1;/p-1. The van der Waals surface area contributed by atoms with E-state index in [1.807, 2.05) is 45.9 Å². The van der Waals surface area contributed by atoms with Gasteiger partial charge in [0.05, 0.1) is 29.3 Å². The molecular weight excluding hydrogens is 765 g/mol. The van der Waals surface area contributed by atoms with Crippen molar-refractivity contribution >= 4 is 33.7 Å². The monoisotopic (exact) mass is 806 g/mol. The Morgan fingerprint density at radius 3 is 1.35 bits per heavy atom. The molecule has 0 saturated heterocycles. The molecule has 0 aliphatic carbocycles. The number of aromatic carboxylic acids is 1. The van der Waals surface area contributed by atoms with E-state index < -0.39 is 35.4 Å². The van der Waals surface area contributed by atoms with Gasteiger partial charge in [0.15, 0.2) is 11.4 Å². The van der Waals surface area contributed by atoms with Gasteiger partial charge in [0, 0.05) is 23.9 Å². The predicted molar refractivity (Wildman–Crippen MR) is 198 cm³/mol. The molecule has 298 valence electrons. The van der Waals surface area contributed by atoms with Crippen LogP contribution in [0.3, 0.4) is 0 Å². The number of carbonyl (C=O) groups excluding carboxylic acids is 1. The largest absolute Gasteiger partial charge is 1.00 e. The van der Waals surface area contributed by atoms with Crippen molar-refractivity contribution in [3.8, 4) is 0 Å². The maximum atomic E-state index is 12.8. The van der Waals surface area contributed by atoms with Gasteiger partial charge in [0.1, 0.15) is 0 Å². The topological polar surface area (TPSA) is 129 Å². The Kier molecular flexibility index (Phi) is 15.7. The zero-order chi connectivity index (χ0) is 40.2. The Balaban J connectivity index is 0.000000295. The van der Waals surface area contributed by atoms with Crippen molar-refractivity contribution in [2.24, 2.45) is 11.8 Å². The average molecular weight is 807 g/mol. The van der Waals surface area contributed by atoms with Crippen molar-refractivity contribution in [1.29, 1.82) is 0 Å². The molecule has 4 aromatic carbocycles. The van der Waals surface area contributed by atoms with Crippen molar-refractivity contribution < 1.29 is 80.8 Å². The van der Waals surface area contributed by atoms with Gasteiger partial charge in [0.2, 0.25) is 0 Å². The fourth-order valence-electron chi connectivity index (χ4n) is 6.34. The van der Waals surface area contributed by atoms with Crippen LogP contribution < -0.4 is 29.6 Å². The van der Waals surface area contributed by atoms with Crippen LogP contribution in [0.15, 0.2) is 84.9 Å². The summed E-state index contributed by atoms with van der Waals surface area (Å²) in [5.41, 5.74) is 3.23. The van der Waals surface area contributed by atoms with E-state index in [9.17, 15) is 41.0 Å². The number of methoxy groups -OCH3 is 1. The second-order valence-electron chi connectivity index (χ2n) is 14.0. The normalized spacial score (nSPS) is 11.6. The minimum atomic E-state index is -4.38. The van der Waals surface area contributed by atoms with Crippen LogP contribution in [0.5, 0.6) is 0 Å². The van der Waals surface area contributed by atoms with Gasteiger partial charge in [-0.25, -0.2) is 9.59 Å². The van der Waals surface area contributed by atoms with E-state index in [0.717, 1.165) is 35.4 Å². The van der Waals surface area contributed by atoms with Crippen molar-refractivity contribution in [3.63, 3.8) is 0 Å². The Hall–Kier alpha value is -4.70. The number of halogens is 6. The number of fused-ring (bicyclic) bond motifs is 2. The summed E-state index contributed by atoms with van der Waals surface area (Å²) in [6.07, 6.45) is -8.04. The molecule has 0 amide bonds. The first-order chi connectivity index (χ1) is 25.9. The van der Waals surface area contributed by atoms with Crippen LogP contribution in [0.4, 0.5) is 26.3 Å². The third kappa shape index (κ3) is 11.2. The third-order valence-electron chi connectivity index (χ3n) is 8.71. The maximum absolute atomic E-state index is 12.8. The van der Waals surface area contributed by atoms with Gasteiger partial charge in [-0.2, -0.15) is 36.5 Å². The SMILES string of the molecule is CC(C)Cn1nc2cccc(Cc3ccc(C(F)(F)F)cc3)c2c1C(=O)O.COC(=O)c1c2c(Cc3ccc(C(F)(F)F)cc3)cccc2nn1CC(C)C.[Na+].[OH-]. The van der Waals surface area contributed by atoms with E-state index in [-0.39, 0.29) is 52.6 Å². The summed E-state index contributed by atoms with van der Waals surface area (Å²) < 4.78 is 84.6. The summed E-state index contributed by atoms with van der Waals surface area (Å²) in [6, 6.07) is 20.8. The number of alkyl halides is 6. The Bertz CT molecular complexity index is 2300. The molecule has 2 N–H and O–H groups in total. The number of carboxylic acid groups (broad SMARTS) is 1. The molecule has 0 bridgehead atoms. The first kappa shape index (κ1) is 46.7. The Labute approximate surface area is 347 Å². The third-order valence-corrected chi connectivity index (χ3v) is 8.71. The van der Waals surface area contributed by atoms with E-state index in [0.29, 0.717) is 64.6 Å². The summed E-state index contributed by atoms with van der Waals surface area (Å²) in [4.78, 5) is 24.3. The quantitative estimate of drug-likeness (QED) is 0.0905. The number of benzene rings is 4. The fraction of sp³-hybridized carbons (Fsp3) is 0.317. The molecule has 2 heterocycles. The number of carbonyl (C=O) groups is 2. The summed E-state index contributed by atoms with van der Waals surface area (Å²) in [5.74, 6) is -1.06. The van der Waals surface area contributed by atoms with Gasteiger partial charge in [0.25, 0.3) is 0 Å². The second-order valence-corrected chi connectivity index (χ2v) is 14.0. The summed E-state index contributed by atoms with van der Waals surface area (Å²) in [5, 5.41) is 19.9. The van der Waals surface area contributed by atoms with Crippen LogP contribution in [0.2, 0.25) is 0 Å². The van der Waals surface area contributed by atoms with E-state index >= 15 is 0 Å². The molecule has 2 aromatic heterocycles. The molecule has 0 unspecified atom stereocenters. The minimum Gasteiger partial charge on any atom is -0.870 e. The molecular formula is C41H41F6N4NaO5. The summed E-state index contributed by atoms with van der Waals surface area (Å²) >= 11 is 0. The maximum Gasteiger partial charge on any atom is 1.00 e. The molecule has 0 fully saturated rings. The van der Waals surface area contributed by atoms with E-state index in [1.54, 1.807) is 22.9 Å². The van der Waals surface area contributed by atoms with E-state index in [2.05, 4.69) is 10.2 Å². The fourth-order valence-corrected chi connectivity index (χ4v) is 6.34. The average Bonchev–Trinajstić information content (AvgIpc) is 3.66. The van der Waals surface area contributed by atoms with Crippen molar-refractivity contribution in [1.82, 2.24) is 19.6 Å². The summed E-state index contributed by atoms with van der Waals surface area (Å²) in [7, 11) is 1.32. The zero-order valence-electron chi connectivity index (χ0n) is 32.2. The van der Waals surface area contributed by atoms with Crippen molar-refractivity contribution in [3.05, 3.63) is 130 Å². The smallest absolute Gasteiger partial charge is 0.870 e. The second kappa shape index (κ2) is 19.2. The Morgan fingerprint density at radius 2 is 1.02 bits per heavy atom. The molecule has 0 aliphatic heterocycles. The number of aromatic nitrogens is 4. The number of rotatable bonds is 10. The molecule has 57 heavy (non-hydrogen) atoms. The molecule has 16 heteroatoms. The molecule has 9 nitrogen and oxygen atoms in total. The number of ether oxygens (including phenoxy) is 1. The zero-order valence-corrected chi connectivity index (χ0v) is 34.2. The first-order valence-electron chi connectivity index (χ1n) is 17.5. The molecule has 0 radical (unpaired) electrons. The number of hydrogen-bond donors (Lipinski definition) is 1. The van der Waals surface area contributed by atoms with Gasteiger partial charge >= 0.3 is 53.8 Å². The van der Waals surface area contributed by atoms with Crippen molar-refractivity contribution in [2.45, 2.75) is 66.0 Å². The predicted octanol–water partition coefficient (Wildman–Crippen LogP) is 6.92. The molecule has 6 aromatic rings. The minimum absolute atomic E-state index is 0. The molecule has 0 saturated carbocycles. The molecule has 0 atom stereocenters. The van der Waals surface area contributed by atoms with Crippen LogP contribution >= 0.6 is 0 Å². The number of hydrogen-bond acceptors (Lipinski definition) is 6. The van der Waals surface area contributed by atoms with Crippen molar-refractivity contribution in [2.75, 3.05) is 7.11 Å². The molecule has 0 aliphatic rings. The van der Waals surface area contributed by atoms with Gasteiger partial charge < -0.3 is 15.3 Å². The number of carboxylic acids is 1. The van der Waals surface area contributed by atoms with Crippen LogP contribution in [0, 0.1) is 11.8 Å². The number of nitrogens with zero attached hydrogens (tertiary/aromatic N) is 4. The van der Waals surface area contributed by atoms with Crippen LogP contribution in [-0.2, 0) is 43.0 Å². The van der Waals surface area contributed by atoms with Crippen LogP contribution in [0.1, 0.15) is 82.1 Å². The van der Waals surface area contributed by atoms with Gasteiger partial charge in [-0.15, -0.1) is 0 Å². The number of esters is 1. The molecule has 0 spiro atoms. The van der Waals surface area contributed by atoms with E-state index in [4.69, 9.17) is 4.74 Å².